The molecule has 164 valence electrons. The van der Waals surface area contributed by atoms with Crippen molar-refractivity contribution >= 4 is 24.7 Å². The van der Waals surface area contributed by atoms with Gasteiger partial charge in [0.15, 0.2) is 16.6 Å². The minimum Gasteiger partial charge on any atom is -0.413 e. The van der Waals surface area contributed by atoms with Gasteiger partial charge in [-0.15, -0.1) is 18.0 Å². The molecule has 0 saturated heterocycles. The molecule has 0 spiro atoms. The molecule has 2 atom stereocenters. The Morgan fingerprint density at radius 1 is 0.821 bits per heavy atom. The Balaban J connectivity index is 5.53. The summed E-state index contributed by atoms with van der Waals surface area (Å²) in [5, 5.41) is 0.364. The molecule has 0 heterocycles. The van der Waals surface area contributed by atoms with E-state index in [0.29, 0.717) is 0 Å². The van der Waals surface area contributed by atoms with Crippen LogP contribution in [-0.2, 0) is 8.85 Å². The van der Waals surface area contributed by atoms with Crippen molar-refractivity contribution < 1.29 is 8.85 Å². The Hall–Kier alpha value is -0.129. The van der Waals surface area contributed by atoms with Gasteiger partial charge in [0, 0.05) is 12.8 Å². The SMILES string of the molecule is C=C[C@@H](C[C@@H](CC#C[Si](C)(C)C)O[Si](C)(C)C(C)(C)C)O[Si](C)(C)C(C)(C)C. The van der Waals surface area contributed by atoms with E-state index in [9.17, 15) is 0 Å². The van der Waals surface area contributed by atoms with Crippen molar-refractivity contribution in [2.24, 2.45) is 0 Å². The summed E-state index contributed by atoms with van der Waals surface area (Å²) in [7, 11) is -5.11. The molecular formula is C23H48O2Si3. The van der Waals surface area contributed by atoms with E-state index in [1.165, 1.54) is 0 Å². The van der Waals surface area contributed by atoms with Crippen LogP contribution in [0, 0.1) is 11.5 Å². The first kappa shape index (κ1) is 27.9. The molecule has 0 rings (SSSR count). The lowest BCUT2D eigenvalue weighted by atomic mass is 10.1. The van der Waals surface area contributed by atoms with Crippen LogP contribution in [0.15, 0.2) is 12.7 Å². The first-order valence-corrected chi connectivity index (χ1v) is 20.0. The molecule has 2 nitrogen and oxygen atoms in total. The maximum absolute atomic E-state index is 6.79. The molecule has 0 aliphatic heterocycles. The highest BCUT2D eigenvalue weighted by molar-refractivity contribution is 6.83. The lowest BCUT2D eigenvalue weighted by Crippen LogP contribution is -2.47. The fraction of sp³-hybridized carbons (Fsp3) is 0.826. The summed E-state index contributed by atoms with van der Waals surface area (Å²) >= 11 is 0. The summed E-state index contributed by atoms with van der Waals surface area (Å²) in [5.41, 5.74) is 3.51. The molecule has 0 fully saturated rings. The normalized spacial score (nSPS) is 16.2. The van der Waals surface area contributed by atoms with Crippen LogP contribution in [0.3, 0.4) is 0 Å². The molecule has 0 aliphatic rings. The summed E-state index contributed by atoms with van der Waals surface area (Å²) in [6.45, 7) is 33.9. The molecule has 5 heteroatoms. The molecule has 0 N–H and O–H groups in total. The van der Waals surface area contributed by atoms with E-state index in [0.717, 1.165) is 12.8 Å². The van der Waals surface area contributed by atoms with Crippen LogP contribution in [0.1, 0.15) is 54.4 Å². The van der Waals surface area contributed by atoms with Gasteiger partial charge in [0.1, 0.15) is 8.07 Å². The monoisotopic (exact) mass is 440 g/mol. The van der Waals surface area contributed by atoms with Crippen molar-refractivity contribution in [3.8, 4) is 11.5 Å². The third-order valence-corrected chi connectivity index (χ3v) is 16.0. The summed E-state index contributed by atoms with van der Waals surface area (Å²) in [4.78, 5) is 0. The molecule has 0 aliphatic carbocycles. The molecule has 28 heavy (non-hydrogen) atoms. The van der Waals surface area contributed by atoms with Crippen LogP contribution in [0.25, 0.3) is 0 Å². The van der Waals surface area contributed by atoms with E-state index in [1.54, 1.807) is 0 Å². The van der Waals surface area contributed by atoms with Crippen molar-refractivity contribution in [2.45, 2.75) is 122 Å². The zero-order valence-electron chi connectivity index (χ0n) is 21.2. The van der Waals surface area contributed by atoms with Gasteiger partial charge < -0.3 is 8.85 Å². The lowest BCUT2D eigenvalue weighted by molar-refractivity contribution is 0.117. The van der Waals surface area contributed by atoms with Gasteiger partial charge in [-0.1, -0.05) is 67.3 Å². The first-order valence-electron chi connectivity index (χ1n) is 10.7. The number of hydrogen-bond donors (Lipinski definition) is 0. The van der Waals surface area contributed by atoms with E-state index in [-0.39, 0.29) is 22.3 Å². The van der Waals surface area contributed by atoms with Gasteiger partial charge in [-0.05, 0) is 36.3 Å². The van der Waals surface area contributed by atoms with Crippen LogP contribution in [0.4, 0.5) is 0 Å². The zero-order valence-corrected chi connectivity index (χ0v) is 24.2. The van der Waals surface area contributed by atoms with E-state index in [2.05, 4.69) is 105 Å². The van der Waals surface area contributed by atoms with Gasteiger partial charge in [0.2, 0.25) is 0 Å². The Morgan fingerprint density at radius 2 is 1.25 bits per heavy atom. The van der Waals surface area contributed by atoms with Gasteiger partial charge in [-0.2, -0.15) is 0 Å². The molecule has 0 aromatic rings. The highest BCUT2D eigenvalue weighted by atomic mass is 28.4. The van der Waals surface area contributed by atoms with Crippen LogP contribution >= 0.6 is 0 Å². The Morgan fingerprint density at radius 3 is 1.61 bits per heavy atom. The number of hydrogen-bond acceptors (Lipinski definition) is 2. The lowest BCUT2D eigenvalue weighted by Gasteiger charge is -2.41. The Bertz CT molecular complexity index is 564. The third kappa shape index (κ3) is 9.58. The largest absolute Gasteiger partial charge is 0.413 e. The van der Waals surface area contributed by atoms with E-state index in [4.69, 9.17) is 8.85 Å². The Labute approximate surface area is 180 Å². The quantitative estimate of drug-likeness (QED) is 0.219. The molecule has 0 radical (unpaired) electrons. The summed E-state index contributed by atoms with van der Waals surface area (Å²) in [6.07, 6.45) is 3.70. The van der Waals surface area contributed by atoms with Crippen molar-refractivity contribution in [1.29, 1.82) is 0 Å². The molecule has 0 amide bonds. The van der Waals surface area contributed by atoms with Crippen LogP contribution in [0.2, 0.25) is 55.9 Å². The Kier molecular flexibility index (Phi) is 9.74. The van der Waals surface area contributed by atoms with E-state index >= 15 is 0 Å². The van der Waals surface area contributed by atoms with Crippen molar-refractivity contribution in [3.05, 3.63) is 12.7 Å². The van der Waals surface area contributed by atoms with Crippen molar-refractivity contribution in [3.63, 3.8) is 0 Å². The van der Waals surface area contributed by atoms with Gasteiger partial charge in [0.05, 0.1) is 12.2 Å². The van der Waals surface area contributed by atoms with Gasteiger partial charge in [0.25, 0.3) is 0 Å². The highest BCUT2D eigenvalue weighted by Crippen LogP contribution is 2.40. The molecule has 0 aromatic carbocycles. The van der Waals surface area contributed by atoms with Crippen molar-refractivity contribution in [2.75, 3.05) is 0 Å². The first-order chi connectivity index (χ1) is 12.2. The highest BCUT2D eigenvalue weighted by Gasteiger charge is 2.41. The van der Waals surface area contributed by atoms with E-state index in [1.807, 2.05) is 6.08 Å². The second-order valence-electron chi connectivity index (χ2n) is 12.1. The van der Waals surface area contributed by atoms with Gasteiger partial charge in [-0.25, -0.2) is 0 Å². The molecule has 0 aromatic heterocycles. The van der Waals surface area contributed by atoms with E-state index < -0.39 is 24.7 Å². The molecule has 0 saturated carbocycles. The summed E-state index contributed by atoms with van der Waals surface area (Å²) < 4.78 is 13.4. The van der Waals surface area contributed by atoms with Crippen LogP contribution in [0.5, 0.6) is 0 Å². The van der Waals surface area contributed by atoms with Crippen molar-refractivity contribution in [1.82, 2.24) is 0 Å². The van der Waals surface area contributed by atoms with Gasteiger partial charge >= 0.3 is 0 Å². The average molecular weight is 441 g/mol. The van der Waals surface area contributed by atoms with Gasteiger partial charge in [-0.3, -0.25) is 0 Å². The second kappa shape index (κ2) is 9.79. The summed E-state index contributed by atoms with van der Waals surface area (Å²) in [5.74, 6) is 3.45. The van der Waals surface area contributed by atoms with Crippen LogP contribution < -0.4 is 0 Å². The maximum Gasteiger partial charge on any atom is 0.192 e. The predicted molar refractivity (Wildman–Crippen MR) is 135 cm³/mol. The second-order valence-corrected chi connectivity index (χ2v) is 26.4. The number of rotatable bonds is 8. The molecular weight excluding hydrogens is 393 g/mol. The average Bonchev–Trinajstić information content (AvgIpc) is 2.41. The maximum atomic E-state index is 6.79. The fourth-order valence-electron chi connectivity index (χ4n) is 2.20. The fourth-order valence-corrected chi connectivity index (χ4v) is 5.51. The minimum absolute atomic E-state index is 0.0179. The molecule has 0 bridgehead atoms. The minimum atomic E-state index is -1.87. The van der Waals surface area contributed by atoms with Crippen LogP contribution in [-0.4, -0.2) is 36.9 Å². The topological polar surface area (TPSA) is 18.5 Å². The third-order valence-electron chi connectivity index (χ3n) is 6.07. The predicted octanol–water partition coefficient (Wildman–Crippen LogP) is 7.61. The zero-order chi connectivity index (χ0) is 22.6. The standard InChI is InChI=1S/C23H48O2Si3/c1-15-20(24-27(11,12)22(2,3)4)19-21(17-16-18-26(8,9)10)25-28(13,14)23(5,6)7/h15,20-21H,1,17,19H2,2-14H3/t20-,21+/m0/s1. The summed E-state index contributed by atoms with van der Waals surface area (Å²) in [6, 6.07) is 0. The molecule has 0 unspecified atom stereocenters. The smallest absolute Gasteiger partial charge is 0.192 e.